The quantitative estimate of drug-likeness (QED) is 0.532. The van der Waals surface area contributed by atoms with E-state index in [2.05, 4.69) is 5.32 Å². The maximum Gasteiger partial charge on any atom is 0.226 e. The van der Waals surface area contributed by atoms with Crippen molar-refractivity contribution in [1.82, 2.24) is 5.32 Å². The van der Waals surface area contributed by atoms with E-state index in [0.29, 0.717) is 6.54 Å². The summed E-state index contributed by atoms with van der Waals surface area (Å²) in [4.78, 5) is 11.0. The SMILES string of the molecule is CC1(C)C(=O)NCC1CO. The normalized spacial score (nSPS) is 30.3. The van der Waals surface area contributed by atoms with Crippen molar-refractivity contribution in [2.45, 2.75) is 13.8 Å². The van der Waals surface area contributed by atoms with Crippen molar-refractivity contribution in [2.75, 3.05) is 13.2 Å². The molecule has 1 saturated heterocycles. The highest BCUT2D eigenvalue weighted by Crippen LogP contribution is 2.30. The van der Waals surface area contributed by atoms with Crippen molar-refractivity contribution in [3.05, 3.63) is 0 Å². The summed E-state index contributed by atoms with van der Waals surface area (Å²) >= 11 is 0. The second kappa shape index (κ2) is 2.23. The molecule has 3 heteroatoms. The van der Waals surface area contributed by atoms with E-state index in [-0.39, 0.29) is 23.8 Å². The van der Waals surface area contributed by atoms with Crippen molar-refractivity contribution in [1.29, 1.82) is 0 Å². The molecule has 1 aliphatic rings. The molecule has 0 spiro atoms. The molecule has 1 amide bonds. The van der Waals surface area contributed by atoms with Crippen LogP contribution in [0.2, 0.25) is 0 Å². The van der Waals surface area contributed by atoms with Gasteiger partial charge in [0, 0.05) is 19.1 Å². The van der Waals surface area contributed by atoms with Gasteiger partial charge in [-0.1, -0.05) is 13.8 Å². The van der Waals surface area contributed by atoms with E-state index in [1.165, 1.54) is 0 Å². The molecule has 0 aromatic carbocycles. The highest BCUT2D eigenvalue weighted by molar-refractivity contribution is 5.84. The number of nitrogens with one attached hydrogen (secondary N) is 1. The van der Waals surface area contributed by atoms with Crippen LogP contribution in [0, 0.1) is 11.3 Å². The first-order valence-electron chi connectivity index (χ1n) is 3.48. The summed E-state index contributed by atoms with van der Waals surface area (Å²) in [6.45, 7) is 4.42. The van der Waals surface area contributed by atoms with Crippen LogP contribution in [0.15, 0.2) is 0 Å². The molecule has 0 aliphatic carbocycles. The third kappa shape index (κ3) is 0.904. The lowest BCUT2D eigenvalue weighted by Crippen LogP contribution is -2.29. The van der Waals surface area contributed by atoms with E-state index in [0.717, 1.165) is 0 Å². The maximum absolute atomic E-state index is 11.0. The van der Waals surface area contributed by atoms with Crippen molar-refractivity contribution < 1.29 is 9.90 Å². The molecule has 0 aromatic rings. The summed E-state index contributed by atoms with van der Waals surface area (Å²) in [5, 5.41) is 11.5. The number of aliphatic hydroxyl groups is 1. The molecule has 1 rings (SSSR count). The molecule has 0 bridgehead atoms. The molecule has 58 valence electrons. The van der Waals surface area contributed by atoms with Crippen LogP contribution >= 0.6 is 0 Å². The lowest BCUT2D eigenvalue weighted by atomic mass is 9.82. The molecular weight excluding hydrogens is 130 g/mol. The third-order valence-corrected chi connectivity index (χ3v) is 2.34. The highest BCUT2D eigenvalue weighted by Gasteiger charge is 2.41. The van der Waals surface area contributed by atoms with Crippen LogP contribution in [-0.4, -0.2) is 24.2 Å². The van der Waals surface area contributed by atoms with Gasteiger partial charge in [0.25, 0.3) is 0 Å². The predicted molar refractivity (Wildman–Crippen MR) is 37.4 cm³/mol. The predicted octanol–water partition coefficient (Wildman–Crippen LogP) is -0.249. The Labute approximate surface area is 60.4 Å². The zero-order chi connectivity index (χ0) is 7.78. The van der Waals surface area contributed by atoms with Crippen molar-refractivity contribution in [3.8, 4) is 0 Å². The summed E-state index contributed by atoms with van der Waals surface area (Å²) in [5.74, 6) is 0.131. The molecule has 1 unspecified atom stereocenters. The van der Waals surface area contributed by atoms with Crippen LogP contribution in [-0.2, 0) is 4.79 Å². The Kier molecular flexibility index (Phi) is 1.68. The zero-order valence-electron chi connectivity index (χ0n) is 6.35. The van der Waals surface area contributed by atoms with E-state index in [1.807, 2.05) is 13.8 Å². The van der Waals surface area contributed by atoms with Crippen molar-refractivity contribution in [3.63, 3.8) is 0 Å². The Hall–Kier alpha value is -0.570. The summed E-state index contributed by atoms with van der Waals surface area (Å²) in [7, 11) is 0. The van der Waals surface area contributed by atoms with Gasteiger partial charge in [-0.05, 0) is 0 Å². The first-order valence-corrected chi connectivity index (χ1v) is 3.48. The monoisotopic (exact) mass is 143 g/mol. The second-order valence-corrected chi connectivity index (χ2v) is 3.31. The molecule has 1 heterocycles. The van der Waals surface area contributed by atoms with E-state index >= 15 is 0 Å². The average Bonchev–Trinajstić information content (AvgIpc) is 2.10. The summed E-state index contributed by atoms with van der Waals surface area (Å²) in [6, 6.07) is 0. The lowest BCUT2D eigenvalue weighted by molar-refractivity contribution is -0.127. The molecule has 2 N–H and O–H groups in total. The van der Waals surface area contributed by atoms with E-state index < -0.39 is 0 Å². The first kappa shape index (κ1) is 7.54. The van der Waals surface area contributed by atoms with Gasteiger partial charge in [0.2, 0.25) is 5.91 Å². The molecular formula is C7H13NO2. The molecule has 1 atom stereocenters. The highest BCUT2D eigenvalue weighted by atomic mass is 16.3. The summed E-state index contributed by atoms with van der Waals surface area (Å²) < 4.78 is 0. The molecule has 0 aromatic heterocycles. The average molecular weight is 143 g/mol. The second-order valence-electron chi connectivity index (χ2n) is 3.31. The maximum atomic E-state index is 11.0. The van der Waals surface area contributed by atoms with E-state index in [4.69, 9.17) is 5.11 Å². The van der Waals surface area contributed by atoms with Gasteiger partial charge < -0.3 is 10.4 Å². The van der Waals surface area contributed by atoms with Crippen molar-refractivity contribution >= 4 is 5.91 Å². The lowest BCUT2D eigenvalue weighted by Gasteiger charge is -2.20. The van der Waals surface area contributed by atoms with E-state index in [9.17, 15) is 4.79 Å². The standard InChI is InChI=1S/C7H13NO2/c1-7(2)5(4-9)3-8-6(7)10/h5,9H,3-4H2,1-2H3,(H,8,10). The van der Waals surface area contributed by atoms with E-state index in [1.54, 1.807) is 0 Å². The third-order valence-electron chi connectivity index (χ3n) is 2.34. The largest absolute Gasteiger partial charge is 0.396 e. The Balaban J connectivity index is 2.73. The minimum atomic E-state index is -0.380. The minimum absolute atomic E-state index is 0.0477. The molecule has 3 nitrogen and oxygen atoms in total. The fourth-order valence-electron chi connectivity index (χ4n) is 1.18. The topological polar surface area (TPSA) is 49.3 Å². The van der Waals surface area contributed by atoms with Crippen molar-refractivity contribution in [2.24, 2.45) is 11.3 Å². The van der Waals surface area contributed by atoms with Crippen LogP contribution in [0.1, 0.15) is 13.8 Å². The number of rotatable bonds is 1. The van der Waals surface area contributed by atoms with Gasteiger partial charge >= 0.3 is 0 Å². The van der Waals surface area contributed by atoms with Crippen LogP contribution in [0.25, 0.3) is 0 Å². The van der Waals surface area contributed by atoms with Crippen LogP contribution < -0.4 is 5.32 Å². The Morgan fingerprint density at radius 3 is 2.60 bits per heavy atom. The number of aliphatic hydroxyl groups excluding tert-OH is 1. The minimum Gasteiger partial charge on any atom is -0.396 e. The number of carbonyl (C=O) groups excluding carboxylic acids is 1. The molecule has 0 saturated carbocycles. The summed E-state index contributed by atoms with van der Waals surface area (Å²) in [5.41, 5.74) is -0.380. The molecule has 1 aliphatic heterocycles. The zero-order valence-corrected chi connectivity index (χ0v) is 6.35. The number of amides is 1. The van der Waals surface area contributed by atoms with Gasteiger partial charge in [-0.15, -0.1) is 0 Å². The van der Waals surface area contributed by atoms with Gasteiger partial charge in [-0.2, -0.15) is 0 Å². The summed E-state index contributed by atoms with van der Waals surface area (Å²) in [6.07, 6.45) is 0. The number of carbonyl (C=O) groups is 1. The number of hydrogen-bond acceptors (Lipinski definition) is 2. The van der Waals surface area contributed by atoms with Crippen LogP contribution in [0.3, 0.4) is 0 Å². The van der Waals surface area contributed by atoms with Gasteiger partial charge in [0.15, 0.2) is 0 Å². The number of hydrogen-bond donors (Lipinski definition) is 2. The van der Waals surface area contributed by atoms with Crippen LogP contribution in [0.5, 0.6) is 0 Å². The Morgan fingerprint density at radius 2 is 2.40 bits per heavy atom. The Bertz CT molecular complexity index is 154. The van der Waals surface area contributed by atoms with Gasteiger partial charge in [0.05, 0.1) is 5.41 Å². The Morgan fingerprint density at radius 1 is 1.80 bits per heavy atom. The van der Waals surface area contributed by atoms with Gasteiger partial charge in [-0.25, -0.2) is 0 Å². The van der Waals surface area contributed by atoms with Gasteiger partial charge in [-0.3, -0.25) is 4.79 Å². The van der Waals surface area contributed by atoms with Crippen LogP contribution in [0.4, 0.5) is 0 Å². The molecule has 0 radical (unpaired) electrons. The van der Waals surface area contributed by atoms with Gasteiger partial charge in [0.1, 0.15) is 0 Å². The fourth-order valence-corrected chi connectivity index (χ4v) is 1.18. The molecule has 1 fully saturated rings. The molecule has 10 heavy (non-hydrogen) atoms. The first-order chi connectivity index (χ1) is 4.59. The smallest absolute Gasteiger partial charge is 0.226 e. The fraction of sp³-hybridized carbons (Fsp3) is 0.857.